The molecule has 0 fully saturated rings. The number of carbonyl (C=O) groups excluding carboxylic acids is 1. The summed E-state index contributed by atoms with van der Waals surface area (Å²) in [6.07, 6.45) is 3.59. The van der Waals surface area contributed by atoms with Crippen LogP contribution in [0.2, 0.25) is 0 Å². The van der Waals surface area contributed by atoms with E-state index in [4.69, 9.17) is 4.74 Å². The molecule has 1 aromatic heterocycles. The van der Waals surface area contributed by atoms with Gasteiger partial charge in [0.05, 0.1) is 11.9 Å². The first-order chi connectivity index (χ1) is 16.6. The summed E-state index contributed by atoms with van der Waals surface area (Å²) in [5.41, 5.74) is 8.73. The number of ether oxygens (including phenoxy) is 1. The van der Waals surface area contributed by atoms with Crippen molar-refractivity contribution in [2.75, 3.05) is 0 Å². The lowest BCUT2D eigenvalue weighted by atomic mass is 10.1. The fourth-order valence-corrected chi connectivity index (χ4v) is 3.26. The van der Waals surface area contributed by atoms with E-state index in [1.807, 2.05) is 67.6 Å². The van der Waals surface area contributed by atoms with Gasteiger partial charge < -0.3 is 4.74 Å². The quantitative estimate of drug-likeness (QED) is 0.264. The number of rotatable bonds is 8. The first-order valence-electron chi connectivity index (χ1n) is 11.0. The number of aryl methyl sites for hydroxylation is 1. The molecule has 3 aromatic carbocycles. The summed E-state index contributed by atoms with van der Waals surface area (Å²) in [7, 11) is 0. The molecule has 1 heterocycles. The van der Waals surface area contributed by atoms with Gasteiger partial charge in [-0.2, -0.15) is 10.2 Å². The van der Waals surface area contributed by atoms with E-state index in [9.17, 15) is 4.79 Å². The van der Waals surface area contributed by atoms with Crippen molar-refractivity contribution in [2.45, 2.75) is 20.5 Å². The van der Waals surface area contributed by atoms with Crippen molar-refractivity contribution in [3.63, 3.8) is 0 Å². The number of carbonyl (C=O) groups is 1. The number of amides is 1. The smallest absolute Gasteiger partial charge is 0.289 e. The molecule has 0 radical (unpaired) electrons. The molecule has 170 valence electrons. The van der Waals surface area contributed by atoms with Crippen molar-refractivity contribution in [1.29, 1.82) is 0 Å². The van der Waals surface area contributed by atoms with Gasteiger partial charge in [0, 0.05) is 5.56 Å². The lowest BCUT2D eigenvalue weighted by Crippen LogP contribution is -2.17. The molecule has 1 amide bonds. The van der Waals surface area contributed by atoms with E-state index in [0.29, 0.717) is 18.0 Å². The average Bonchev–Trinajstić information content (AvgIpc) is 3.35. The maximum absolute atomic E-state index is 12.4. The monoisotopic (exact) mass is 450 g/mol. The molecular formula is C28H26N4O2. The Morgan fingerprint density at radius 2 is 1.76 bits per heavy atom. The minimum atomic E-state index is -0.361. The second-order valence-electron chi connectivity index (χ2n) is 7.96. The van der Waals surface area contributed by atoms with E-state index in [0.717, 1.165) is 28.0 Å². The van der Waals surface area contributed by atoms with E-state index in [2.05, 4.69) is 51.9 Å². The molecule has 0 aliphatic heterocycles. The van der Waals surface area contributed by atoms with Crippen molar-refractivity contribution in [1.82, 2.24) is 15.6 Å². The van der Waals surface area contributed by atoms with E-state index >= 15 is 0 Å². The van der Waals surface area contributed by atoms with Gasteiger partial charge in [-0.3, -0.25) is 9.89 Å². The zero-order valence-corrected chi connectivity index (χ0v) is 19.2. The Labute approximate surface area is 199 Å². The van der Waals surface area contributed by atoms with E-state index in [1.54, 1.807) is 12.3 Å². The highest BCUT2D eigenvalue weighted by atomic mass is 16.5. The first-order valence-corrected chi connectivity index (χ1v) is 11.0. The Morgan fingerprint density at radius 3 is 2.50 bits per heavy atom. The number of benzene rings is 3. The minimum absolute atomic E-state index is 0.330. The van der Waals surface area contributed by atoms with E-state index in [1.165, 1.54) is 5.56 Å². The van der Waals surface area contributed by atoms with Crippen LogP contribution < -0.4 is 10.2 Å². The number of nitrogens with one attached hydrogen (secondary N) is 2. The standard InChI is InChI=1S/C28H26N4O2/c1-20-8-10-23(11-9-20)19-34-25-14-12-24(13-15-25)26-17-27(31-30-26)28(33)32-29-18-21(2)16-22-6-4-3-5-7-22/h3-18H,19H2,1-2H3,(H,30,31)(H,32,33)/b21-16+,29-18-. The lowest BCUT2D eigenvalue weighted by molar-refractivity contribution is 0.0950. The van der Waals surface area contributed by atoms with Crippen LogP contribution in [0.25, 0.3) is 17.3 Å². The number of allylic oxidation sites excluding steroid dienone is 1. The third-order valence-electron chi connectivity index (χ3n) is 5.13. The number of hydrazone groups is 1. The largest absolute Gasteiger partial charge is 0.489 e. The molecule has 6 nitrogen and oxygen atoms in total. The van der Waals surface area contributed by atoms with Crippen LogP contribution in [-0.4, -0.2) is 22.3 Å². The molecule has 0 bridgehead atoms. The molecule has 0 unspecified atom stereocenters. The van der Waals surface area contributed by atoms with Crippen molar-refractivity contribution in [2.24, 2.45) is 5.10 Å². The van der Waals surface area contributed by atoms with Crippen molar-refractivity contribution >= 4 is 18.2 Å². The van der Waals surface area contributed by atoms with Gasteiger partial charge in [-0.1, -0.05) is 66.2 Å². The summed E-state index contributed by atoms with van der Waals surface area (Å²) in [5.74, 6) is 0.409. The third kappa shape index (κ3) is 6.29. The Kier molecular flexibility index (Phi) is 7.30. The van der Waals surface area contributed by atoms with Crippen molar-refractivity contribution in [3.05, 3.63) is 113 Å². The number of aromatic nitrogens is 2. The van der Waals surface area contributed by atoms with Gasteiger partial charge in [-0.25, -0.2) is 5.43 Å². The minimum Gasteiger partial charge on any atom is -0.489 e. The molecule has 0 atom stereocenters. The van der Waals surface area contributed by atoms with Gasteiger partial charge in [0.1, 0.15) is 18.1 Å². The molecule has 6 heteroatoms. The summed E-state index contributed by atoms with van der Waals surface area (Å²) in [5, 5.41) is 11.0. The Morgan fingerprint density at radius 1 is 1.03 bits per heavy atom. The van der Waals surface area contributed by atoms with Crippen LogP contribution in [0.4, 0.5) is 0 Å². The fourth-order valence-electron chi connectivity index (χ4n) is 3.26. The molecular weight excluding hydrogens is 424 g/mol. The van der Waals surface area contributed by atoms with Gasteiger partial charge in [0.2, 0.25) is 0 Å². The van der Waals surface area contributed by atoms with Gasteiger partial charge >= 0.3 is 0 Å². The van der Waals surface area contributed by atoms with Gasteiger partial charge in [-0.15, -0.1) is 0 Å². The van der Waals surface area contributed by atoms with Crippen LogP contribution in [0.1, 0.15) is 34.1 Å². The summed E-state index contributed by atoms with van der Waals surface area (Å²) < 4.78 is 5.85. The van der Waals surface area contributed by atoms with Gasteiger partial charge in [-0.05, 0) is 60.9 Å². The zero-order chi connectivity index (χ0) is 23.8. The molecule has 0 aliphatic carbocycles. The van der Waals surface area contributed by atoms with Crippen molar-refractivity contribution < 1.29 is 9.53 Å². The average molecular weight is 451 g/mol. The van der Waals surface area contributed by atoms with Gasteiger partial charge in [0.25, 0.3) is 5.91 Å². The molecule has 0 saturated carbocycles. The first kappa shape index (κ1) is 22.7. The fraction of sp³-hybridized carbons (Fsp3) is 0.107. The maximum atomic E-state index is 12.4. The number of hydrogen-bond acceptors (Lipinski definition) is 4. The SMILES string of the molecule is CC(/C=N\NC(=O)c1cc(-c2ccc(OCc3ccc(C)cc3)cc2)n[nH]1)=C\c1ccccc1. The van der Waals surface area contributed by atoms with Crippen LogP contribution in [0, 0.1) is 6.92 Å². The van der Waals surface area contributed by atoms with Gasteiger partial charge in [0.15, 0.2) is 0 Å². The molecule has 0 aliphatic rings. The number of aromatic amines is 1. The summed E-state index contributed by atoms with van der Waals surface area (Å²) in [6.45, 7) is 4.49. The summed E-state index contributed by atoms with van der Waals surface area (Å²) in [6, 6.07) is 27.5. The van der Waals surface area contributed by atoms with E-state index < -0.39 is 0 Å². The summed E-state index contributed by atoms with van der Waals surface area (Å²) in [4.78, 5) is 12.4. The molecule has 4 rings (SSSR count). The molecule has 0 saturated heterocycles. The van der Waals surface area contributed by atoms with Crippen LogP contribution in [0.5, 0.6) is 5.75 Å². The maximum Gasteiger partial charge on any atom is 0.289 e. The van der Waals surface area contributed by atoms with Crippen LogP contribution in [-0.2, 0) is 6.61 Å². The van der Waals surface area contributed by atoms with Crippen molar-refractivity contribution in [3.8, 4) is 17.0 Å². The topological polar surface area (TPSA) is 79.4 Å². The molecule has 0 spiro atoms. The highest BCUT2D eigenvalue weighted by Crippen LogP contribution is 2.22. The number of nitrogens with zero attached hydrogens (tertiary/aromatic N) is 2. The Hall–Kier alpha value is -4.45. The third-order valence-corrected chi connectivity index (χ3v) is 5.13. The second-order valence-corrected chi connectivity index (χ2v) is 7.96. The number of H-pyrrole nitrogens is 1. The highest BCUT2D eigenvalue weighted by molar-refractivity contribution is 5.94. The van der Waals surface area contributed by atoms with Crippen LogP contribution in [0.3, 0.4) is 0 Å². The second kappa shape index (κ2) is 10.9. The predicted octanol–water partition coefficient (Wildman–Crippen LogP) is 5.78. The Balaban J connectivity index is 1.32. The summed E-state index contributed by atoms with van der Waals surface area (Å²) >= 11 is 0. The lowest BCUT2D eigenvalue weighted by Gasteiger charge is -2.07. The van der Waals surface area contributed by atoms with Crippen LogP contribution >= 0.6 is 0 Å². The normalized spacial score (nSPS) is 11.5. The van der Waals surface area contributed by atoms with E-state index in [-0.39, 0.29) is 5.91 Å². The molecule has 34 heavy (non-hydrogen) atoms. The molecule has 2 N–H and O–H groups in total. The number of hydrogen-bond donors (Lipinski definition) is 2. The zero-order valence-electron chi connectivity index (χ0n) is 19.2. The molecule has 4 aromatic rings. The Bertz CT molecular complexity index is 1290. The highest BCUT2D eigenvalue weighted by Gasteiger charge is 2.10. The predicted molar refractivity (Wildman–Crippen MR) is 136 cm³/mol. The van der Waals surface area contributed by atoms with Crippen LogP contribution in [0.15, 0.2) is 95.6 Å².